The maximum atomic E-state index is 12.2. The molecule has 0 unspecified atom stereocenters. The van der Waals surface area contributed by atoms with Gasteiger partial charge in [0.2, 0.25) is 5.91 Å². The highest BCUT2D eigenvalue weighted by molar-refractivity contribution is 5.88. The van der Waals surface area contributed by atoms with Crippen LogP contribution in [0.25, 0.3) is 0 Å². The summed E-state index contributed by atoms with van der Waals surface area (Å²) in [5, 5.41) is 3.03. The SMILES string of the molecule is CN=C(NC)N1CC(=O)N(C(C)C)C(C)(C)C1. The summed E-state index contributed by atoms with van der Waals surface area (Å²) in [6, 6.07) is 0.233. The van der Waals surface area contributed by atoms with E-state index in [1.54, 1.807) is 7.05 Å². The molecule has 5 nitrogen and oxygen atoms in total. The summed E-state index contributed by atoms with van der Waals surface area (Å²) in [4.78, 5) is 20.3. The molecule has 1 rings (SSSR count). The van der Waals surface area contributed by atoms with E-state index in [1.807, 2.05) is 16.8 Å². The second-order valence-corrected chi connectivity index (χ2v) is 5.32. The monoisotopic (exact) mass is 240 g/mol. The topological polar surface area (TPSA) is 47.9 Å². The minimum Gasteiger partial charge on any atom is -0.359 e. The number of hydrogen-bond donors (Lipinski definition) is 1. The van der Waals surface area contributed by atoms with Crippen molar-refractivity contribution in [2.24, 2.45) is 4.99 Å². The summed E-state index contributed by atoms with van der Waals surface area (Å²) in [6.07, 6.45) is 0. The number of rotatable bonds is 1. The van der Waals surface area contributed by atoms with E-state index in [2.05, 4.69) is 38.0 Å². The van der Waals surface area contributed by atoms with Crippen LogP contribution in [0.15, 0.2) is 4.99 Å². The second kappa shape index (κ2) is 4.94. The fraction of sp³-hybridized carbons (Fsp3) is 0.833. The van der Waals surface area contributed by atoms with Crippen molar-refractivity contribution in [3.05, 3.63) is 0 Å². The highest BCUT2D eigenvalue weighted by Gasteiger charge is 2.40. The predicted octanol–water partition coefficient (Wildman–Crippen LogP) is 0.523. The van der Waals surface area contributed by atoms with Crippen molar-refractivity contribution in [2.75, 3.05) is 27.2 Å². The van der Waals surface area contributed by atoms with Gasteiger partial charge in [-0.15, -0.1) is 0 Å². The van der Waals surface area contributed by atoms with E-state index in [1.165, 1.54) is 0 Å². The number of amides is 1. The van der Waals surface area contributed by atoms with E-state index in [0.29, 0.717) is 6.54 Å². The number of carbonyl (C=O) groups excluding carboxylic acids is 1. The van der Waals surface area contributed by atoms with Gasteiger partial charge in [-0.05, 0) is 27.7 Å². The molecule has 5 heteroatoms. The summed E-state index contributed by atoms with van der Waals surface area (Å²) in [7, 11) is 3.56. The van der Waals surface area contributed by atoms with Crippen LogP contribution in [0.3, 0.4) is 0 Å². The van der Waals surface area contributed by atoms with E-state index < -0.39 is 0 Å². The van der Waals surface area contributed by atoms with Gasteiger partial charge in [0.1, 0.15) is 0 Å². The molecule has 0 radical (unpaired) electrons. The first-order valence-electron chi connectivity index (χ1n) is 6.05. The molecule has 1 aliphatic rings. The van der Waals surface area contributed by atoms with E-state index >= 15 is 0 Å². The Morgan fingerprint density at radius 2 is 2.06 bits per heavy atom. The second-order valence-electron chi connectivity index (χ2n) is 5.32. The van der Waals surface area contributed by atoms with E-state index in [9.17, 15) is 4.79 Å². The molecule has 0 aromatic rings. The Morgan fingerprint density at radius 1 is 1.47 bits per heavy atom. The molecular formula is C12H24N4O. The lowest BCUT2D eigenvalue weighted by Gasteiger charge is -2.49. The molecule has 0 aliphatic carbocycles. The molecular weight excluding hydrogens is 216 g/mol. The number of aliphatic imine (C=N–C) groups is 1. The lowest BCUT2D eigenvalue weighted by atomic mass is 9.96. The standard InChI is InChI=1S/C12H24N4O/c1-9(2)16-10(17)7-15(8-12(16,3)4)11(13-5)14-6/h9H,7-8H2,1-6H3,(H,13,14). The van der Waals surface area contributed by atoms with Crippen LogP contribution < -0.4 is 5.32 Å². The summed E-state index contributed by atoms with van der Waals surface area (Å²) in [6.45, 7) is 9.50. The molecule has 98 valence electrons. The van der Waals surface area contributed by atoms with Crippen LogP contribution in [0.1, 0.15) is 27.7 Å². The Hall–Kier alpha value is -1.26. The fourth-order valence-corrected chi connectivity index (χ4v) is 2.72. The molecule has 0 bridgehead atoms. The zero-order valence-electron chi connectivity index (χ0n) is 11.7. The number of guanidine groups is 1. The van der Waals surface area contributed by atoms with Crippen molar-refractivity contribution in [3.63, 3.8) is 0 Å². The fourth-order valence-electron chi connectivity index (χ4n) is 2.72. The van der Waals surface area contributed by atoms with Crippen LogP contribution in [0, 0.1) is 0 Å². The molecule has 0 aromatic carbocycles. The zero-order valence-corrected chi connectivity index (χ0v) is 11.7. The van der Waals surface area contributed by atoms with Crippen molar-refractivity contribution in [1.82, 2.24) is 15.1 Å². The summed E-state index contributed by atoms with van der Waals surface area (Å²) >= 11 is 0. The highest BCUT2D eigenvalue weighted by atomic mass is 16.2. The van der Waals surface area contributed by atoms with Crippen molar-refractivity contribution in [2.45, 2.75) is 39.3 Å². The van der Waals surface area contributed by atoms with Crippen molar-refractivity contribution < 1.29 is 4.79 Å². The van der Waals surface area contributed by atoms with Crippen LogP contribution >= 0.6 is 0 Å². The van der Waals surface area contributed by atoms with E-state index in [0.717, 1.165) is 12.5 Å². The quantitative estimate of drug-likeness (QED) is 0.537. The third kappa shape index (κ3) is 2.70. The molecule has 1 heterocycles. The molecule has 1 aliphatic heterocycles. The lowest BCUT2D eigenvalue weighted by Crippen LogP contribution is -2.65. The van der Waals surface area contributed by atoms with Crippen molar-refractivity contribution in [3.8, 4) is 0 Å². The average molecular weight is 240 g/mol. The third-order valence-corrected chi connectivity index (χ3v) is 3.08. The van der Waals surface area contributed by atoms with Gasteiger partial charge >= 0.3 is 0 Å². The van der Waals surface area contributed by atoms with Crippen LogP contribution in [0.4, 0.5) is 0 Å². The summed E-state index contributed by atoms with van der Waals surface area (Å²) in [5.41, 5.74) is -0.170. The molecule has 0 saturated carbocycles. The summed E-state index contributed by atoms with van der Waals surface area (Å²) in [5.74, 6) is 0.933. The van der Waals surface area contributed by atoms with Gasteiger partial charge in [0, 0.05) is 26.7 Å². The van der Waals surface area contributed by atoms with Gasteiger partial charge in [0.15, 0.2) is 5.96 Å². The lowest BCUT2D eigenvalue weighted by molar-refractivity contribution is -0.145. The Labute approximate surface area is 104 Å². The van der Waals surface area contributed by atoms with Gasteiger partial charge in [-0.1, -0.05) is 0 Å². The maximum Gasteiger partial charge on any atom is 0.242 e. The maximum absolute atomic E-state index is 12.2. The van der Waals surface area contributed by atoms with Gasteiger partial charge in [-0.25, -0.2) is 0 Å². The number of piperazine rings is 1. The first-order valence-corrected chi connectivity index (χ1v) is 6.05. The number of carbonyl (C=O) groups is 1. The molecule has 1 saturated heterocycles. The normalized spacial score (nSPS) is 21.1. The third-order valence-electron chi connectivity index (χ3n) is 3.08. The van der Waals surface area contributed by atoms with Crippen LogP contribution in [-0.2, 0) is 4.79 Å². The van der Waals surface area contributed by atoms with Gasteiger partial charge < -0.3 is 15.1 Å². The van der Waals surface area contributed by atoms with Gasteiger partial charge in [0.05, 0.1) is 12.1 Å². The van der Waals surface area contributed by atoms with Crippen molar-refractivity contribution >= 4 is 11.9 Å². The Bertz CT molecular complexity index is 322. The number of hydrogen-bond acceptors (Lipinski definition) is 2. The zero-order chi connectivity index (χ0) is 13.2. The minimum atomic E-state index is -0.170. The van der Waals surface area contributed by atoms with Crippen LogP contribution in [0.5, 0.6) is 0 Å². The smallest absolute Gasteiger partial charge is 0.242 e. The highest BCUT2D eigenvalue weighted by Crippen LogP contribution is 2.24. The Kier molecular flexibility index (Phi) is 4.01. The van der Waals surface area contributed by atoms with E-state index in [-0.39, 0.29) is 17.5 Å². The molecule has 17 heavy (non-hydrogen) atoms. The van der Waals surface area contributed by atoms with E-state index in [4.69, 9.17) is 0 Å². The summed E-state index contributed by atoms with van der Waals surface area (Å²) < 4.78 is 0. The van der Waals surface area contributed by atoms with Crippen molar-refractivity contribution in [1.29, 1.82) is 0 Å². The Balaban J connectivity index is 2.93. The molecule has 1 amide bonds. The number of nitrogens with one attached hydrogen (secondary N) is 1. The van der Waals surface area contributed by atoms with Gasteiger partial charge in [-0.2, -0.15) is 0 Å². The average Bonchev–Trinajstić information content (AvgIpc) is 2.15. The number of nitrogens with zero attached hydrogens (tertiary/aromatic N) is 3. The minimum absolute atomic E-state index is 0.160. The van der Waals surface area contributed by atoms with Crippen LogP contribution in [-0.4, -0.2) is 60.4 Å². The molecule has 0 atom stereocenters. The van der Waals surface area contributed by atoms with Gasteiger partial charge in [0.25, 0.3) is 0 Å². The predicted molar refractivity (Wildman–Crippen MR) is 70.1 cm³/mol. The first kappa shape index (κ1) is 13.8. The molecule has 1 N–H and O–H groups in total. The molecule has 0 spiro atoms. The largest absolute Gasteiger partial charge is 0.359 e. The Morgan fingerprint density at radius 3 is 2.41 bits per heavy atom. The van der Waals surface area contributed by atoms with Crippen LogP contribution in [0.2, 0.25) is 0 Å². The molecule has 1 fully saturated rings. The van der Waals surface area contributed by atoms with Gasteiger partial charge in [-0.3, -0.25) is 9.79 Å². The first-order chi connectivity index (χ1) is 7.83. The molecule has 0 aromatic heterocycles.